The number of hydrazine groups is 1. The summed E-state index contributed by atoms with van der Waals surface area (Å²) in [5.41, 5.74) is 4.43. The normalized spacial score (nSPS) is 23.0. The van der Waals surface area contributed by atoms with Gasteiger partial charge in [-0.25, -0.2) is 4.39 Å². The number of aryl methyl sites for hydroxylation is 1. The second kappa shape index (κ2) is 6.02. The van der Waals surface area contributed by atoms with Crippen molar-refractivity contribution >= 4 is 11.8 Å². The lowest BCUT2D eigenvalue weighted by molar-refractivity contribution is 0.216. The van der Waals surface area contributed by atoms with Crippen LogP contribution in [0.25, 0.3) is 0 Å². The molecule has 0 amide bonds. The molecule has 1 fully saturated rings. The zero-order valence-corrected chi connectivity index (χ0v) is 11.6. The largest absolute Gasteiger partial charge is 0.300 e. The van der Waals surface area contributed by atoms with Crippen molar-refractivity contribution in [3.8, 4) is 0 Å². The van der Waals surface area contributed by atoms with Gasteiger partial charge in [0, 0.05) is 24.1 Å². The van der Waals surface area contributed by atoms with Crippen LogP contribution in [0.3, 0.4) is 0 Å². The summed E-state index contributed by atoms with van der Waals surface area (Å²) in [4.78, 5) is 2.29. The van der Waals surface area contributed by atoms with E-state index in [1.54, 1.807) is 13.0 Å². The molecule has 5 heteroatoms. The molecule has 0 aromatic heterocycles. The molecule has 0 saturated carbocycles. The summed E-state index contributed by atoms with van der Waals surface area (Å²) < 4.78 is 13.7. The van der Waals surface area contributed by atoms with Crippen molar-refractivity contribution in [3.05, 3.63) is 35.1 Å². The minimum atomic E-state index is -0.168. The maximum atomic E-state index is 13.7. The summed E-state index contributed by atoms with van der Waals surface area (Å²) in [6, 6.07) is 5.63. The van der Waals surface area contributed by atoms with Gasteiger partial charge in [-0.3, -0.25) is 16.2 Å². The SMILES string of the molecule is Cc1ccc(C(NN)C2CSCCN2C)cc1F. The number of nitrogens with two attached hydrogens (primary N) is 1. The van der Waals surface area contributed by atoms with Crippen LogP contribution in [0.15, 0.2) is 18.2 Å². The van der Waals surface area contributed by atoms with Crippen LogP contribution in [-0.4, -0.2) is 36.0 Å². The Hall–Kier alpha value is -0.620. The van der Waals surface area contributed by atoms with Crippen molar-refractivity contribution in [2.45, 2.75) is 19.0 Å². The van der Waals surface area contributed by atoms with Crippen LogP contribution in [0.2, 0.25) is 0 Å². The summed E-state index contributed by atoms with van der Waals surface area (Å²) in [7, 11) is 2.10. The Labute approximate surface area is 112 Å². The van der Waals surface area contributed by atoms with Gasteiger partial charge >= 0.3 is 0 Å². The van der Waals surface area contributed by atoms with Crippen molar-refractivity contribution in [1.29, 1.82) is 0 Å². The van der Waals surface area contributed by atoms with Crippen LogP contribution in [0, 0.1) is 12.7 Å². The zero-order valence-electron chi connectivity index (χ0n) is 10.8. The molecule has 100 valence electrons. The van der Waals surface area contributed by atoms with E-state index in [0.717, 1.165) is 23.6 Å². The lowest BCUT2D eigenvalue weighted by atomic mass is 9.98. The van der Waals surface area contributed by atoms with E-state index in [9.17, 15) is 4.39 Å². The van der Waals surface area contributed by atoms with E-state index in [0.29, 0.717) is 11.6 Å². The first-order chi connectivity index (χ1) is 8.63. The van der Waals surface area contributed by atoms with Crippen LogP contribution in [0.5, 0.6) is 0 Å². The van der Waals surface area contributed by atoms with Gasteiger partial charge in [-0.2, -0.15) is 11.8 Å². The van der Waals surface area contributed by atoms with Crippen molar-refractivity contribution in [1.82, 2.24) is 10.3 Å². The molecule has 1 aromatic rings. The highest BCUT2D eigenvalue weighted by atomic mass is 32.2. The number of hydrogen-bond donors (Lipinski definition) is 2. The number of halogens is 1. The van der Waals surface area contributed by atoms with E-state index >= 15 is 0 Å². The number of likely N-dealkylation sites (N-methyl/N-ethyl adjacent to an activating group) is 1. The molecule has 0 aliphatic carbocycles. The van der Waals surface area contributed by atoms with Crippen LogP contribution in [-0.2, 0) is 0 Å². The fraction of sp³-hybridized carbons (Fsp3) is 0.538. The summed E-state index contributed by atoms with van der Waals surface area (Å²) in [5, 5.41) is 0. The molecule has 3 nitrogen and oxygen atoms in total. The Morgan fingerprint density at radius 1 is 1.56 bits per heavy atom. The lowest BCUT2D eigenvalue weighted by Crippen LogP contribution is -2.49. The lowest BCUT2D eigenvalue weighted by Gasteiger charge is -2.37. The predicted octanol–water partition coefficient (Wildman–Crippen LogP) is 1.69. The summed E-state index contributed by atoms with van der Waals surface area (Å²) in [5.74, 6) is 7.67. The molecular formula is C13H20FN3S. The van der Waals surface area contributed by atoms with Gasteiger partial charge < -0.3 is 0 Å². The predicted molar refractivity (Wildman–Crippen MR) is 74.9 cm³/mol. The fourth-order valence-electron chi connectivity index (χ4n) is 2.29. The second-order valence-corrected chi connectivity index (χ2v) is 5.93. The Morgan fingerprint density at radius 2 is 2.33 bits per heavy atom. The highest BCUT2D eigenvalue weighted by Crippen LogP contribution is 2.27. The molecule has 1 aliphatic rings. The average molecular weight is 269 g/mol. The molecule has 2 atom stereocenters. The summed E-state index contributed by atoms with van der Waals surface area (Å²) in [6.45, 7) is 2.81. The van der Waals surface area contributed by atoms with E-state index in [1.165, 1.54) is 0 Å². The molecule has 3 N–H and O–H groups in total. The number of hydrogen-bond acceptors (Lipinski definition) is 4. The summed E-state index contributed by atoms with van der Waals surface area (Å²) >= 11 is 1.92. The van der Waals surface area contributed by atoms with Crippen molar-refractivity contribution in [2.75, 3.05) is 25.1 Å². The Balaban J connectivity index is 2.23. The molecule has 1 heterocycles. The third-order valence-corrected chi connectivity index (χ3v) is 4.61. The van der Waals surface area contributed by atoms with Crippen molar-refractivity contribution < 1.29 is 4.39 Å². The first-order valence-corrected chi connectivity index (χ1v) is 7.29. The van der Waals surface area contributed by atoms with Gasteiger partial charge in [0.1, 0.15) is 5.82 Å². The number of nitrogens with zero attached hydrogens (tertiary/aromatic N) is 1. The first kappa shape index (κ1) is 13.8. The number of benzene rings is 1. The third kappa shape index (κ3) is 2.85. The van der Waals surface area contributed by atoms with Gasteiger partial charge in [0.2, 0.25) is 0 Å². The Kier molecular flexibility index (Phi) is 4.61. The Bertz CT molecular complexity index is 413. The number of thioether (sulfide) groups is 1. The quantitative estimate of drug-likeness (QED) is 0.647. The smallest absolute Gasteiger partial charge is 0.126 e. The minimum absolute atomic E-state index is 0.0297. The maximum Gasteiger partial charge on any atom is 0.126 e. The number of nitrogens with one attached hydrogen (secondary N) is 1. The maximum absolute atomic E-state index is 13.7. The number of rotatable bonds is 3. The highest BCUT2D eigenvalue weighted by Gasteiger charge is 2.28. The standard InChI is InChI=1S/C13H20FN3S/c1-9-3-4-10(7-11(9)14)13(16-15)12-8-18-6-5-17(12)2/h3-4,7,12-13,16H,5-6,8,15H2,1-2H3. The monoisotopic (exact) mass is 269 g/mol. The topological polar surface area (TPSA) is 41.3 Å². The molecule has 18 heavy (non-hydrogen) atoms. The van der Waals surface area contributed by atoms with Crippen LogP contribution >= 0.6 is 11.8 Å². The second-order valence-electron chi connectivity index (χ2n) is 4.78. The average Bonchev–Trinajstić information content (AvgIpc) is 2.37. The van der Waals surface area contributed by atoms with Gasteiger partial charge in [-0.1, -0.05) is 12.1 Å². The van der Waals surface area contributed by atoms with E-state index < -0.39 is 0 Å². The van der Waals surface area contributed by atoms with Gasteiger partial charge in [0.25, 0.3) is 0 Å². The van der Waals surface area contributed by atoms with E-state index in [4.69, 9.17) is 5.84 Å². The van der Waals surface area contributed by atoms with E-state index in [-0.39, 0.29) is 11.9 Å². The minimum Gasteiger partial charge on any atom is -0.300 e. The first-order valence-electron chi connectivity index (χ1n) is 6.13. The molecular weight excluding hydrogens is 249 g/mol. The summed E-state index contributed by atoms with van der Waals surface area (Å²) in [6.07, 6.45) is 0. The highest BCUT2D eigenvalue weighted by molar-refractivity contribution is 7.99. The molecule has 1 saturated heterocycles. The van der Waals surface area contributed by atoms with E-state index in [2.05, 4.69) is 17.4 Å². The van der Waals surface area contributed by atoms with Gasteiger partial charge in [0.15, 0.2) is 0 Å². The molecule has 1 aromatic carbocycles. The van der Waals surface area contributed by atoms with E-state index in [1.807, 2.05) is 23.9 Å². The van der Waals surface area contributed by atoms with Crippen molar-refractivity contribution in [2.24, 2.45) is 5.84 Å². The Morgan fingerprint density at radius 3 is 2.94 bits per heavy atom. The molecule has 2 unspecified atom stereocenters. The molecule has 0 bridgehead atoms. The van der Waals surface area contributed by atoms with Gasteiger partial charge in [-0.15, -0.1) is 0 Å². The molecule has 0 spiro atoms. The van der Waals surface area contributed by atoms with Crippen LogP contribution < -0.4 is 11.3 Å². The zero-order chi connectivity index (χ0) is 13.1. The third-order valence-electron chi connectivity index (χ3n) is 3.56. The molecule has 0 radical (unpaired) electrons. The molecule has 2 rings (SSSR count). The van der Waals surface area contributed by atoms with Crippen LogP contribution in [0.4, 0.5) is 4.39 Å². The fourth-order valence-corrected chi connectivity index (χ4v) is 3.56. The van der Waals surface area contributed by atoms with Gasteiger partial charge in [-0.05, 0) is 31.2 Å². The van der Waals surface area contributed by atoms with Crippen molar-refractivity contribution in [3.63, 3.8) is 0 Å². The van der Waals surface area contributed by atoms with Crippen LogP contribution in [0.1, 0.15) is 17.2 Å². The molecule has 1 aliphatic heterocycles. The van der Waals surface area contributed by atoms with Gasteiger partial charge in [0.05, 0.1) is 6.04 Å².